The van der Waals surface area contributed by atoms with Gasteiger partial charge in [-0.2, -0.15) is 5.10 Å². The maximum atomic E-state index is 14.3. The largest absolute Gasteiger partial charge is 0.438 e. The van der Waals surface area contributed by atoms with Gasteiger partial charge in [0.2, 0.25) is 0 Å². The first kappa shape index (κ1) is 16.5. The van der Waals surface area contributed by atoms with E-state index in [1.54, 1.807) is 6.07 Å². The number of H-pyrrole nitrogens is 1. The number of hydrogen-bond donors (Lipinski definition) is 2. The van der Waals surface area contributed by atoms with Crippen LogP contribution in [0.15, 0.2) is 29.2 Å². The highest BCUT2D eigenvalue weighted by molar-refractivity contribution is 6.35. The Hall–Kier alpha value is -2.94. The first-order valence-corrected chi connectivity index (χ1v) is 8.22. The number of amides is 1. The van der Waals surface area contributed by atoms with Crippen molar-refractivity contribution in [1.82, 2.24) is 19.7 Å². The Kier molecular flexibility index (Phi) is 3.87. The van der Waals surface area contributed by atoms with Crippen molar-refractivity contribution < 1.29 is 13.9 Å². The Bertz CT molecular complexity index is 1060. The number of nitrogens with zero attached hydrogens (tertiary/aromatic N) is 3. The molecule has 1 aliphatic rings. The fourth-order valence-corrected chi connectivity index (χ4v) is 3.14. The van der Waals surface area contributed by atoms with Crippen LogP contribution in [-0.4, -0.2) is 25.8 Å². The van der Waals surface area contributed by atoms with Crippen LogP contribution in [-0.2, 0) is 4.74 Å². The molecule has 1 amide bonds. The van der Waals surface area contributed by atoms with Gasteiger partial charge in [0.15, 0.2) is 17.7 Å². The topological polar surface area (TPSA) is 116 Å². The van der Waals surface area contributed by atoms with Gasteiger partial charge in [0.1, 0.15) is 11.3 Å². The number of fused-ring (bicyclic) bond motifs is 1. The summed E-state index contributed by atoms with van der Waals surface area (Å²) < 4.78 is 20.7. The summed E-state index contributed by atoms with van der Waals surface area (Å²) >= 11 is 6.11. The molecule has 0 saturated heterocycles. The summed E-state index contributed by atoms with van der Waals surface area (Å²) in [6.45, 7) is 0. The van der Waals surface area contributed by atoms with Crippen LogP contribution < -0.4 is 11.3 Å². The lowest BCUT2D eigenvalue weighted by Crippen LogP contribution is -2.30. The molecule has 1 atom stereocenters. The summed E-state index contributed by atoms with van der Waals surface area (Å²) in [6, 6.07) is 3.95. The standard InChI is InChI=1S/C16H13ClFN5O3/c17-8-3-4-9(18)12-11(8)15(24)23(10-5-6-20-22-10)14(21-12)13(7-1-2-7)26-16(19)25/h3-7,13H,1-2H2,(H2,19,25)(H,20,22)/t13-/m0/s1. The van der Waals surface area contributed by atoms with Gasteiger partial charge in [-0.05, 0) is 25.0 Å². The average Bonchev–Trinajstić information content (AvgIpc) is 3.30. The van der Waals surface area contributed by atoms with Crippen LogP contribution in [0.5, 0.6) is 0 Å². The minimum atomic E-state index is -1.00. The molecule has 3 aromatic rings. The van der Waals surface area contributed by atoms with Gasteiger partial charge < -0.3 is 10.5 Å². The molecule has 0 aliphatic heterocycles. The van der Waals surface area contributed by atoms with Gasteiger partial charge in [-0.25, -0.2) is 18.7 Å². The second kappa shape index (κ2) is 6.10. The molecule has 1 fully saturated rings. The molecule has 3 N–H and O–H groups in total. The Labute approximate surface area is 150 Å². The highest BCUT2D eigenvalue weighted by Crippen LogP contribution is 2.43. The maximum absolute atomic E-state index is 14.3. The average molecular weight is 378 g/mol. The number of primary amides is 1. The van der Waals surface area contributed by atoms with E-state index in [4.69, 9.17) is 22.1 Å². The molecule has 1 aromatic carbocycles. The third kappa shape index (κ3) is 2.70. The SMILES string of the molecule is NC(=O)O[C@H](c1nc2c(F)ccc(Cl)c2c(=O)n1-c1cc[nH]n1)C1CC1. The lowest BCUT2D eigenvalue weighted by atomic mass is 10.1. The molecular formula is C16H13ClFN5O3. The van der Waals surface area contributed by atoms with E-state index >= 15 is 0 Å². The maximum Gasteiger partial charge on any atom is 0.405 e. The van der Waals surface area contributed by atoms with Gasteiger partial charge in [-0.3, -0.25) is 9.89 Å². The number of hydrogen-bond acceptors (Lipinski definition) is 5. The molecule has 2 aromatic heterocycles. The van der Waals surface area contributed by atoms with Crippen LogP contribution in [0, 0.1) is 11.7 Å². The van der Waals surface area contributed by atoms with Gasteiger partial charge >= 0.3 is 6.09 Å². The Morgan fingerprint density at radius 3 is 2.81 bits per heavy atom. The molecule has 0 spiro atoms. The van der Waals surface area contributed by atoms with Crippen molar-refractivity contribution >= 4 is 28.6 Å². The molecular weight excluding hydrogens is 365 g/mol. The normalized spacial score (nSPS) is 15.2. The van der Waals surface area contributed by atoms with Gasteiger partial charge in [-0.15, -0.1) is 0 Å². The number of ether oxygens (including phenoxy) is 1. The number of aromatic nitrogens is 4. The summed E-state index contributed by atoms with van der Waals surface area (Å²) in [6.07, 6.45) is 1.16. The van der Waals surface area contributed by atoms with Gasteiger partial charge in [-0.1, -0.05) is 11.6 Å². The van der Waals surface area contributed by atoms with E-state index in [0.717, 1.165) is 23.5 Å². The van der Waals surface area contributed by atoms with E-state index in [-0.39, 0.29) is 33.5 Å². The first-order chi connectivity index (χ1) is 12.5. The molecule has 134 valence electrons. The van der Waals surface area contributed by atoms with Gasteiger partial charge in [0, 0.05) is 18.2 Å². The summed E-state index contributed by atoms with van der Waals surface area (Å²) in [5, 5.41) is 6.59. The molecule has 0 radical (unpaired) electrons. The number of carbonyl (C=O) groups is 1. The third-order valence-corrected chi connectivity index (χ3v) is 4.53. The van der Waals surface area contributed by atoms with Crippen LogP contribution in [0.25, 0.3) is 16.7 Å². The number of carbonyl (C=O) groups excluding carboxylic acids is 1. The van der Waals surface area contributed by atoms with Gasteiger partial charge in [0.05, 0.1) is 10.4 Å². The monoisotopic (exact) mass is 377 g/mol. The molecule has 1 aliphatic carbocycles. The molecule has 10 heteroatoms. The van der Waals surface area contributed by atoms with Crippen molar-refractivity contribution in [2.24, 2.45) is 11.7 Å². The van der Waals surface area contributed by atoms with Crippen LogP contribution in [0.1, 0.15) is 24.8 Å². The predicted molar refractivity (Wildman–Crippen MR) is 90.6 cm³/mol. The van der Waals surface area contributed by atoms with Gasteiger partial charge in [0.25, 0.3) is 5.56 Å². The van der Waals surface area contributed by atoms with Crippen molar-refractivity contribution in [1.29, 1.82) is 0 Å². The van der Waals surface area contributed by atoms with E-state index in [0.29, 0.717) is 0 Å². The predicted octanol–water partition coefficient (Wildman–Crippen LogP) is 2.45. The number of aromatic amines is 1. The van der Waals surface area contributed by atoms with Crippen LogP contribution >= 0.6 is 11.6 Å². The molecule has 4 rings (SSSR count). The molecule has 2 heterocycles. The zero-order valence-corrected chi connectivity index (χ0v) is 14.0. The Morgan fingerprint density at radius 2 is 2.19 bits per heavy atom. The van der Waals surface area contributed by atoms with Crippen LogP contribution in [0.3, 0.4) is 0 Å². The highest BCUT2D eigenvalue weighted by atomic mass is 35.5. The fourth-order valence-electron chi connectivity index (χ4n) is 2.91. The van der Waals surface area contributed by atoms with Crippen LogP contribution in [0.2, 0.25) is 5.02 Å². The quantitative estimate of drug-likeness (QED) is 0.724. The molecule has 8 nitrogen and oxygen atoms in total. The van der Waals surface area contributed by atoms with Crippen molar-refractivity contribution in [3.05, 3.63) is 51.4 Å². The number of halogens is 2. The van der Waals surface area contributed by atoms with Crippen molar-refractivity contribution in [3.8, 4) is 5.82 Å². The molecule has 0 bridgehead atoms. The highest BCUT2D eigenvalue weighted by Gasteiger charge is 2.39. The van der Waals surface area contributed by atoms with Crippen molar-refractivity contribution in [2.45, 2.75) is 18.9 Å². The summed E-state index contributed by atoms with van der Waals surface area (Å²) in [7, 11) is 0. The summed E-state index contributed by atoms with van der Waals surface area (Å²) in [5.41, 5.74) is 4.37. The Morgan fingerprint density at radius 1 is 1.42 bits per heavy atom. The van der Waals surface area contributed by atoms with Crippen LogP contribution in [0.4, 0.5) is 9.18 Å². The Balaban J connectivity index is 2.07. The summed E-state index contributed by atoms with van der Waals surface area (Å²) in [4.78, 5) is 28.7. The number of nitrogens with two attached hydrogens (primary N) is 1. The van der Waals surface area contributed by atoms with E-state index in [1.807, 2.05) is 0 Å². The van der Waals surface area contributed by atoms with E-state index in [1.165, 1.54) is 12.3 Å². The second-order valence-electron chi connectivity index (χ2n) is 5.99. The fraction of sp³-hybridized carbons (Fsp3) is 0.250. The smallest absolute Gasteiger partial charge is 0.405 e. The minimum Gasteiger partial charge on any atom is -0.438 e. The lowest BCUT2D eigenvalue weighted by molar-refractivity contribution is 0.0865. The van der Waals surface area contributed by atoms with E-state index in [9.17, 15) is 14.0 Å². The third-order valence-electron chi connectivity index (χ3n) is 4.21. The number of rotatable bonds is 4. The first-order valence-electron chi connectivity index (χ1n) is 7.84. The van der Waals surface area contributed by atoms with E-state index < -0.39 is 23.6 Å². The zero-order chi connectivity index (χ0) is 18.4. The lowest BCUT2D eigenvalue weighted by Gasteiger charge is -2.20. The van der Waals surface area contributed by atoms with Crippen molar-refractivity contribution in [3.63, 3.8) is 0 Å². The zero-order valence-electron chi connectivity index (χ0n) is 13.3. The molecule has 0 unspecified atom stereocenters. The van der Waals surface area contributed by atoms with E-state index in [2.05, 4.69) is 15.2 Å². The number of nitrogens with one attached hydrogen (secondary N) is 1. The minimum absolute atomic E-state index is 0.0528. The summed E-state index contributed by atoms with van der Waals surface area (Å²) in [5.74, 6) is -0.486. The van der Waals surface area contributed by atoms with Crippen molar-refractivity contribution in [2.75, 3.05) is 0 Å². The molecule has 1 saturated carbocycles. The molecule has 26 heavy (non-hydrogen) atoms. The number of benzene rings is 1. The second-order valence-corrected chi connectivity index (χ2v) is 6.40.